The minimum absolute atomic E-state index is 0.134. The number of hydrogen-bond donors (Lipinski definition) is 1. The second kappa shape index (κ2) is 7.50. The number of amides is 1. The van der Waals surface area contributed by atoms with E-state index < -0.39 is 5.97 Å². The summed E-state index contributed by atoms with van der Waals surface area (Å²) >= 11 is 0. The smallest absolute Gasteiger partial charge is 0.325 e. The van der Waals surface area contributed by atoms with E-state index in [0.29, 0.717) is 19.4 Å². The van der Waals surface area contributed by atoms with Gasteiger partial charge in [-0.3, -0.25) is 19.0 Å². The number of carbonyl (C=O) groups is 2. The fourth-order valence-electron chi connectivity index (χ4n) is 3.43. The van der Waals surface area contributed by atoms with Crippen LogP contribution < -0.4 is 0 Å². The molecule has 1 amide bonds. The van der Waals surface area contributed by atoms with Crippen molar-refractivity contribution in [3.63, 3.8) is 0 Å². The van der Waals surface area contributed by atoms with Crippen LogP contribution in [0.25, 0.3) is 0 Å². The average Bonchev–Trinajstić information content (AvgIpc) is 3.21. The van der Waals surface area contributed by atoms with Crippen LogP contribution in [0.4, 0.5) is 0 Å². The lowest BCUT2D eigenvalue weighted by molar-refractivity contribution is -0.138. The Labute approximate surface area is 146 Å². The van der Waals surface area contributed by atoms with E-state index in [1.807, 2.05) is 24.1 Å². The average molecular weight is 345 g/mol. The lowest BCUT2D eigenvalue weighted by Crippen LogP contribution is -2.39. The molecule has 1 fully saturated rings. The Bertz CT molecular complexity index is 751. The molecule has 1 aliphatic heterocycles. The first-order chi connectivity index (χ1) is 12.0. The Morgan fingerprint density at radius 2 is 2.08 bits per heavy atom. The number of aryl methyl sites for hydroxylation is 2. The fourth-order valence-corrected chi connectivity index (χ4v) is 3.43. The molecule has 3 rings (SSSR count). The van der Waals surface area contributed by atoms with Crippen molar-refractivity contribution in [1.29, 1.82) is 0 Å². The number of nitrogens with zero attached hydrogens (tertiary/aromatic N) is 5. The van der Waals surface area contributed by atoms with E-state index in [1.54, 1.807) is 17.1 Å². The molecule has 0 radical (unpaired) electrons. The minimum Gasteiger partial charge on any atom is -0.480 e. The van der Waals surface area contributed by atoms with Crippen LogP contribution in [0, 0.1) is 0 Å². The number of aromatic nitrogens is 4. The maximum Gasteiger partial charge on any atom is 0.325 e. The molecule has 134 valence electrons. The van der Waals surface area contributed by atoms with E-state index in [-0.39, 0.29) is 18.4 Å². The van der Waals surface area contributed by atoms with Crippen molar-refractivity contribution in [1.82, 2.24) is 24.5 Å². The van der Waals surface area contributed by atoms with Crippen LogP contribution in [0.1, 0.15) is 36.6 Å². The van der Waals surface area contributed by atoms with Gasteiger partial charge in [0.25, 0.3) is 0 Å². The van der Waals surface area contributed by atoms with Crippen LogP contribution >= 0.6 is 0 Å². The number of carbonyl (C=O) groups excluding carboxylic acids is 1. The van der Waals surface area contributed by atoms with Gasteiger partial charge >= 0.3 is 5.97 Å². The topological polar surface area (TPSA) is 93.3 Å². The monoisotopic (exact) mass is 345 g/mol. The molecule has 25 heavy (non-hydrogen) atoms. The maximum absolute atomic E-state index is 12.6. The van der Waals surface area contributed by atoms with E-state index in [0.717, 1.165) is 30.8 Å². The number of carboxylic acids is 1. The Balaban J connectivity index is 1.61. The highest BCUT2D eigenvalue weighted by atomic mass is 16.4. The van der Waals surface area contributed by atoms with Crippen molar-refractivity contribution >= 4 is 11.9 Å². The molecule has 2 aromatic rings. The molecule has 1 aliphatic rings. The lowest BCUT2D eigenvalue weighted by atomic mass is 9.94. The summed E-state index contributed by atoms with van der Waals surface area (Å²) in [7, 11) is 1.88. The predicted octanol–water partition coefficient (Wildman–Crippen LogP) is 1.04. The number of aliphatic carboxylic acids is 1. The van der Waals surface area contributed by atoms with Crippen LogP contribution in [0.5, 0.6) is 0 Å². The number of rotatable bonds is 6. The molecule has 8 heteroatoms. The highest BCUT2D eigenvalue weighted by Crippen LogP contribution is 2.27. The summed E-state index contributed by atoms with van der Waals surface area (Å²) in [5, 5.41) is 17.2. The normalized spacial score (nSPS) is 17.6. The van der Waals surface area contributed by atoms with Gasteiger partial charge in [0.2, 0.25) is 5.91 Å². The molecule has 1 saturated heterocycles. The molecule has 1 N–H and O–H groups in total. The van der Waals surface area contributed by atoms with Gasteiger partial charge < -0.3 is 10.0 Å². The van der Waals surface area contributed by atoms with Crippen molar-refractivity contribution in [2.24, 2.45) is 7.05 Å². The number of piperidine rings is 1. The minimum atomic E-state index is -0.912. The van der Waals surface area contributed by atoms with E-state index in [2.05, 4.69) is 10.2 Å². The Morgan fingerprint density at radius 3 is 2.80 bits per heavy atom. The summed E-state index contributed by atoms with van der Waals surface area (Å²) in [5.74, 6) is -0.642. The van der Waals surface area contributed by atoms with Crippen LogP contribution in [0.3, 0.4) is 0 Å². The standard InChI is InChI=1S/C17H23N5O3/c1-20-14(6-8-18-20)4-5-16(23)21-10-2-3-13(11-21)15-7-9-19-22(15)12-17(24)25/h6-9,13H,2-5,10-12H2,1H3,(H,24,25)/t13-/m1/s1. The summed E-state index contributed by atoms with van der Waals surface area (Å²) < 4.78 is 3.31. The SMILES string of the molecule is Cn1nccc1CCC(=O)N1CCC[C@@H](c2ccnn2CC(=O)O)C1. The molecule has 0 aromatic carbocycles. The third-order valence-corrected chi connectivity index (χ3v) is 4.74. The zero-order chi connectivity index (χ0) is 17.8. The van der Waals surface area contributed by atoms with Gasteiger partial charge in [-0.1, -0.05) is 0 Å². The number of likely N-dealkylation sites (tertiary alicyclic amines) is 1. The van der Waals surface area contributed by atoms with Gasteiger partial charge in [-0.05, 0) is 31.4 Å². The second-order valence-electron chi connectivity index (χ2n) is 6.43. The zero-order valence-electron chi connectivity index (χ0n) is 14.3. The van der Waals surface area contributed by atoms with Crippen molar-refractivity contribution in [2.45, 2.75) is 38.1 Å². The Kier molecular flexibility index (Phi) is 5.16. The first-order valence-corrected chi connectivity index (χ1v) is 8.52. The van der Waals surface area contributed by atoms with Gasteiger partial charge in [0.05, 0.1) is 0 Å². The van der Waals surface area contributed by atoms with Crippen LogP contribution in [-0.2, 0) is 29.6 Å². The van der Waals surface area contributed by atoms with Crippen molar-refractivity contribution < 1.29 is 14.7 Å². The highest BCUT2D eigenvalue weighted by Gasteiger charge is 2.27. The molecule has 3 heterocycles. The lowest BCUT2D eigenvalue weighted by Gasteiger charge is -2.33. The first-order valence-electron chi connectivity index (χ1n) is 8.52. The van der Waals surface area contributed by atoms with E-state index in [1.165, 1.54) is 4.68 Å². The van der Waals surface area contributed by atoms with Gasteiger partial charge in [0, 0.05) is 56.3 Å². The molecule has 8 nitrogen and oxygen atoms in total. The molecule has 1 atom stereocenters. The summed E-state index contributed by atoms with van der Waals surface area (Å²) in [6.45, 7) is 1.23. The molecule has 2 aromatic heterocycles. The van der Waals surface area contributed by atoms with Crippen molar-refractivity contribution in [3.05, 3.63) is 35.9 Å². The van der Waals surface area contributed by atoms with E-state index in [9.17, 15) is 9.59 Å². The van der Waals surface area contributed by atoms with Crippen LogP contribution in [-0.4, -0.2) is 54.5 Å². The Hall–Kier alpha value is -2.64. The number of carboxylic acid groups (broad SMARTS) is 1. The molecular formula is C17H23N5O3. The van der Waals surface area contributed by atoms with Gasteiger partial charge in [0.15, 0.2) is 0 Å². The van der Waals surface area contributed by atoms with E-state index >= 15 is 0 Å². The third-order valence-electron chi connectivity index (χ3n) is 4.74. The second-order valence-corrected chi connectivity index (χ2v) is 6.43. The molecule has 0 spiro atoms. The van der Waals surface area contributed by atoms with Gasteiger partial charge in [0.1, 0.15) is 6.54 Å². The first kappa shape index (κ1) is 17.2. The highest BCUT2D eigenvalue weighted by molar-refractivity contribution is 5.76. The molecule has 0 unspecified atom stereocenters. The van der Waals surface area contributed by atoms with Gasteiger partial charge in [-0.15, -0.1) is 0 Å². The quantitative estimate of drug-likeness (QED) is 0.844. The summed E-state index contributed by atoms with van der Waals surface area (Å²) in [6, 6.07) is 3.79. The predicted molar refractivity (Wildman–Crippen MR) is 89.9 cm³/mol. The van der Waals surface area contributed by atoms with E-state index in [4.69, 9.17) is 5.11 Å². The van der Waals surface area contributed by atoms with Crippen LogP contribution in [0.2, 0.25) is 0 Å². The molecule has 0 saturated carbocycles. The summed E-state index contributed by atoms with van der Waals surface area (Å²) in [6.07, 6.45) is 6.35. The van der Waals surface area contributed by atoms with Crippen molar-refractivity contribution in [3.8, 4) is 0 Å². The third kappa shape index (κ3) is 4.07. The van der Waals surface area contributed by atoms with Gasteiger partial charge in [-0.25, -0.2) is 0 Å². The van der Waals surface area contributed by atoms with Crippen LogP contribution in [0.15, 0.2) is 24.5 Å². The molecular weight excluding hydrogens is 322 g/mol. The summed E-state index contributed by atoms with van der Waals surface area (Å²) in [5.41, 5.74) is 1.94. The number of hydrogen-bond acceptors (Lipinski definition) is 4. The zero-order valence-corrected chi connectivity index (χ0v) is 14.3. The Morgan fingerprint density at radius 1 is 1.28 bits per heavy atom. The van der Waals surface area contributed by atoms with Crippen molar-refractivity contribution in [2.75, 3.05) is 13.1 Å². The molecule has 0 bridgehead atoms. The van der Waals surface area contributed by atoms with Gasteiger partial charge in [-0.2, -0.15) is 10.2 Å². The maximum atomic E-state index is 12.6. The fraction of sp³-hybridized carbons (Fsp3) is 0.529. The largest absolute Gasteiger partial charge is 0.480 e. The summed E-state index contributed by atoms with van der Waals surface area (Å²) in [4.78, 5) is 25.4. The molecule has 0 aliphatic carbocycles.